The monoisotopic (exact) mass is 226 g/mol. The molecule has 76 valence electrons. The molecular formula is C10H14N2S2. The largest absolute Gasteiger partial charge is 0.379 e. The maximum atomic E-state index is 5.64. The smallest absolute Gasteiger partial charge is 0.0482 e. The first-order valence-electron chi connectivity index (χ1n) is 4.61. The van der Waals surface area contributed by atoms with E-state index < -0.39 is 0 Å². The van der Waals surface area contributed by atoms with Gasteiger partial charge in [0.2, 0.25) is 0 Å². The molecule has 14 heavy (non-hydrogen) atoms. The molecule has 0 spiro atoms. The van der Waals surface area contributed by atoms with E-state index in [1.807, 2.05) is 11.8 Å². The van der Waals surface area contributed by atoms with Gasteiger partial charge >= 0.3 is 0 Å². The molecule has 0 bridgehead atoms. The molecule has 1 aromatic rings. The van der Waals surface area contributed by atoms with Crippen LogP contribution in [-0.4, -0.2) is 24.6 Å². The highest BCUT2D eigenvalue weighted by Gasteiger charge is 2.16. The third-order valence-corrected chi connectivity index (χ3v) is 4.22. The van der Waals surface area contributed by atoms with E-state index in [0.717, 1.165) is 5.75 Å². The van der Waals surface area contributed by atoms with Crippen molar-refractivity contribution in [3.05, 3.63) is 18.2 Å². The van der Waals surface area contributed by atoms with E-state index in [-0.39, 0.29) is 0 Å². The Kier molecular flexibility index (Phi) is 3.26. The zero-order chi connectivity index (χ0) is 9.97. The van der Waals surface area contributed by atoms with E-state index in [4.69, 9.17) is 5.73 Å². The Morgan fingerprint density at radius 3 is 3.21 bits per heavy atom. The summed E-state index contributed by atoms with van der Waals surface area (Å²) < 4.78 is 0. The van der Waals surface area contributed by atoms with Gasteiger partial charge in [0, 0.05) is 33.8 Å². The maximum absolute atomic E-state index is 5.64. The molecule has 1 atom stereocenters. The lowest BCUT2D eigenvalue weighted by Gasteiger charge is -2.25. The summed E-state index contributed by atoms with van der Waals surface area (Å²) >= 11 is 3.68. The minimum absolute atomic E-state index is 0.424. The van der Waals surface area contributed by atoms with Crippen molar-refractivity contribution >= 4 is 29.2 Å². The molecule has 1 aliphatic heterocycles. The van der Waals surface area contributed by atoms with Crippen LogP contribution in [0.3, 0.4) is 0 Å². The summed E-state index contributed by atoms with van der Waals surface area (Å²) in [6, 6.07) is 6.96. The predicted molar refractivity (Wildman–Crippen MR) is 65.4 cm³/mol. The van der Waals surface area contributed by atoms with Crippen LogP contribution >= 0.6 is 23.5 Å². The Morgan fingerprint density at radius 1 is 1.64 bits per heavy atom. The summed E-state index contributed by atoms with van der Waals surface area (Å²) in [6.07, 6.45) is 2.10. The van der Waals surface area contributed by atoms with Crippen LogP contribution in [0.1, 0.15) is 0 Å². The van der Waals surface area contributed by atoms with Gasteiger partial charge in [0.25, 0.3) is 0 Å². The molecule has 0 aliphatic carbocycles. The minimum atomic E-state index is 0.424. The molecule has 1 aliphatic rings. The van der Waals surface area contributed by atoms with Crippen molar-refractivity contribution in [2.75, 3.05) is 23.9 Å². The van der Waals surface area contributed by atoms with E-state index in [2.05, 4.69) is 29.8 Å². The van der Waals surface area contributed by atoms with E-state index in [9.17, 15) is 0 Å². The van der Waals surface area contributed by atoms with E-state index in [0.29, 0.717) is 12.6 Å². The highest BCUT2D eigenvalue weighted by atomic mass is 32.2. The Labute approximate surface area is 93.0 Å². The van der Waals surface area contributed by atoms with Crippen LogP contribution in [0.15, 0.2) is 28.0 Å². The topological polar surface area (TPSA) is 38.0 Å². The molecule has 0 saturated heterocycles. The van der Waals surface area contributed by atoms with Crippen molar-refractivity contribution in [1.82, 2.24) is 0 Å². The van der Waals surface area contributed by atoms with Crippen LogP contribution in [0.4, 0.5) is 5.69 Å². The number of fused-ring (bicyclic) bond motifs is 1. The SMILES string of the molecule is CSc1ccc2c(c1)SCC(CN)N2. The number of thioether (sulfide) groups is 2. The van der Waals surface area contributed by atoms with Gasteiger partial charge < -0.3 is 11.1 Å². The fourth-order valence-electron chi connectivity index (χ4n) is 1.45. The molecule has 2 rings (SSSR count). The molecule has 1 aromatic carbocycles. The van der Waals surface area contributed by atoms with Crippen molar-refractivity contribution in [1.29, 1.82) is 0 Å². The zero-order valence-corrected chi connectivity index (χ0v) is 9.75. The second kappa shape index (κ2) is 4.47. The summed E-state index contributed by atoms with van der Waals surface area (Å²) in [5, 5.41) is 3.44. The van der Waals surface area contributed by atoms with Crippen molar-refractivity contribution in [2.45, 2.75) is 15.8 Å². The molecule has 1 unspecified atom stereocenters. The standard InChI is InChI=1S/C10H14N2S2/c1-13-8-2-3-9-10(4-8)14-6-7(5-11)12-9/h2-4,7,12H,5-6,11H2,1H3. The lowest BCUT2D eigenvalue weighted by molar-refractivity contribution is 0.802. The van der Waals surface area contributed by atoms with Crippen molar-refractivity contribution in [3.8, 4) is 0 Å². The Hall–Kier alpha value is -0.320. The van der Waals surface area contributed by atoms with Gasteiger partial charge in [-0.05, 0) is 24.5 Å². The first-order chi connectivity index (χ1) is 6.83. The molecule has 1 heterocycles. The number of hydrogen-bond acceptors (Lipinski definition) is 4. The van der Waals surface area contributed by atoms with Crippen LogP contribution in [-0.2, 0) is 0 Å². The van der Waals surface area contributed by atoms with Gasteiger partial charge in [-0.2, -0.15) is 0 Å². The summed E-state index contributed by atoms with van der Waals surface area (Å²) in [4.78, 5) is 2.67. The quantitative estimate of drug-likeness (QED) is 0.759. The van der Waals surface area contributed by atoms with Gasteiger partial charge in [-0.15, -0.1) is 23.5 Å². The van der Waals surface area contributed by atoms with Crippen molar-refractivity contribution < 1.29 is 0 Å². The Bertz CT molecular complexity index is 328. The second-order valence-electron chi connectivity index (χ2n) is 3.25. The summed E-state index contributed by atoms with van der Waals surface area (Å²) in [5.41, 5.74) is 6.87. The predicted octanol–water partition coefficient (Wildman–Crippen LogP) is 2.25. The van der Waals surface area contributed by atoms with Crippen LogP contribution < -0.4 is 11.1 Å². The van der Waals surface area contributed by atoms with Crippen molar-refractivity contribution in [3.63, 3.8) is 0 Å². The number of rotatable bonds is 2. The van der Waals surface area contributed by atoms with Crippen molar-refractivity contribution in [2.24, 2.45) is 5.73 Å². The molecule has 0 saturated carbocycles. The molecule has 2 nitrogen and oxygen atoms in total. The van der Waals surface area contributed by atoms with Crippen LogP contribution in [0, 0.1) is 0 Å². The van der Waals surface area contributed by atoms with Crippen LogP contribution in [0.25, 0.3) is 0 Å². The average molecular weight is 226 g/mol. The third-order valence-electron chi connectivity index (χ3n) is 2.27. The first kappa shape index (κ1) is 10.2. The number of nitrogens with two attached hydrogens (primary N) is 1. The molecular weight excluding hydrogens is 212 g/mol. The molecule has 0 radical (unpaired) electrons. The average Bonchev–Trinajstić information content (AvgIpc) is 2.27. The normalized spacial score (nSPS) is 20.0. The van der Waals surface area contributed by atoms with Gasteiger partial charge in [0.1, 0.15) is 0 Å². The fraction of sp³-hybridized carbons (Fsp3) is 0.400. The van der Waals surface area contributed by atoms with Gasteiger partial charge in [-0.25, -0.2) is 0 Å². The highest BCUT2D eigenvalue weighted by Crippen LogP contribution is 2.35. The third kappa shape index (κ3) is 2.02. The molecule has 4 heteroatoms. The van der Waals surface area contributed by atoms with Crippen LogP contribution in [0.2, 0.25) is 0 Å². The molecule has 0 fully saturated rings. The van der Waals surface area contributed by atoms with Gasteiger partial charge in [-0.1, -0.05) is 0 Å². The summed E-state index contributed by atoms with van der Waals surface area (Å²) in [5.74, 6) is 1.07. The van der Waals surface area contributed by atoms with Gasteiger partial charge in [0.15, 0.2) is 0 Å². The van der Waals surface area contributed by atoms with Gasteiger partial charge in [-0.3, -0.25) is 0 Å². The lowest BCUT2D eigenvalue weighted by atomic mass is 10.2. The zero-order valence-electron chi connectivity index (χ0n) is 8.12. The van der Waals surface area contributed by atoms with E-state index in [1.165, 1.54) is 15.5 Å². The second-order valence-corrected chi connectivity index (χ2v) is 5.19. The molecule has 0 amide bonds. The first-order valence-corrected chi connectivity index (χ1v) is 6.82. The fourth-order valence-corrected chi connectivity index (χ4v) is 3.05. The van der Waals surface area contributed by atoms with Gasteiger partial charge in [0.05, 0.1) is 0 Å². The minimum Gasteiger partial charge on any atom is -0.379 e. The molecule has 0 aromatic heterocycles. The highest BCUT2D eigenvalue weighted by molar-refractivity contribution is 8.00. The van der Waals surface area contributed by atoms with Crippen LogP contribution in [0.5, 0.6) is 0 Å². The number of hydrogen-bond donors (Lipinski definition) is 2. The Balaban J connectivity index is 2.23. The number of benzene rings is 1. The van der Waals surface area contributed by atoms with E-state index in [1.54, 1.807) is 11.8 Å². The Morgan fingerprint density at radius 2 is 2.50 bits per heavy atom. The number of nitrogens with one attached hydrogen (secondary N) is 1. The summed E-state index contributed by atoms with van der Waals surface area (Å²) in [6.45, 7) is 0.705. The summed E-state index contributed by atoms with van der Waals surface area (Å²) in [7, 11) is 0. The molecule has 3 N–H and O–H groups in total. The number of anilines is 1. The maximum Gasteiger partial charge on any atom is 0.0482 e. The van der Waals surface area contributed by atoms with E-state index >= 15 is 0 Å². The lowest BCUT2D eigenvalue weighted by Crippen LogP contribution is -2.33.